The molecule has 0 aromatic heterocycles. The molecule has 1 spiro atoms. The number of nitrogens with one attached hydrogen (secondary N) is 2. The molecule has 1 aromatic rings. The van der Waals surface area contributed by atoms with E-state index < -0.39 is 0 Å². The Morgan fingerprint density at radius 1 is 1.10 bits per heavy atom. The van der Waals surface area contributed by atoms with Crippen molar-refractivity contribution < 1.29 is 4.79 Å². The van der Waals surface area contributed by atoms with Crippen LogP contribution in [0.4, 0.5) is 4.79 Å². The number of hydrogen-bond acceptors (Lipinski definition) is 2. The predicted molar refractivity (Wildman–Crippen MR) is 88.9 cm³/mol. The van der Waals surface area contributed by atoms with Crippen LogP contribution in [0, 0.1) is 0 Å². The van der Waals surface area contributed by atoms with Crippen LogP contribution in [0.2, 0.25) is 0 Å². The third-order valence-corrected chi connectivity index (χ3v) is 5.69. The van der Waals surface area contributed by atoms with Gasteiger partial charge in [0.15, 0.2) is 0 Å². The summed E-state index contributed by atoms with van der Waals surface area (Å²) in [6.45, 7) is 0.764. The fraction of sp³-hybridized carbons (Fsp3) is 0.562. The average Bonchev–Trinajstić information content (AvgIpc) is 2.82. The van der Waals surface area contributed by atoms with Gasteiger partial charge in [-0.15, -0.1) is 9.24 Å². The lowest BCUT2D eigenvalue weighted by molar-refractivity contribution is 0.0653. The lowest BCUT2D eigenvalue weighted by Crippen LogP contribution is -2.54. The van der Waals surface area contributed by atoms with Crippen molar-refractivity contribution in [1.29, 1.82) is 0 Å². The summed E-state index contributed by atoms with van der Waals surface area (Å²) in [4.78, 5) is 13.8. The molecule has 2 amide bonds. The van der Waals surface area contributed by atoms with E-state index in [0.29, 0.717) is 0 Å². The van der Waals surface area contributed by atoms with Crippen molar-refractivity contribution in [1.82, 2.24) is 15.5 Å². The molecule has 1 saturated heterocycles. The number of nitrogens with zero attached hydrogens (tertiary/aromatic N) is 1. The topological polar surface area (TPSA) is 44.4 Å². The number of benzene rings is 1. The highest BCUT2D eigenvalue weighted by Crippen LogP contribution is 2.44. The van der Waals surface area contributed by atoms with E-state index in [1.807, 2.05) is 0 Å². The molecule has 1 aliphatic heterocycles. The van der Waals surface area contributed by atoms with Crippen molar-refractivity contribution in [2.75, 3.05) is 20.6 Å². The number of carbonyl (C=O) groups is 1. The molecular weight excluding hydrogens is 281 g/mol. The second-order valence-corrected chi connectivity index (χ2v) is 7.30. The van der Waals surface area contributed by atoms with Gasteiger partial charge < -0.3 is 10.6 Å². The van der Waals surface area contributed by atoms with Crippen LogP contribution in [0.5, 0.6) is 0 Å². The quantitative estimate of drug-likeness (QED) is 0.815. The normalized spacial score (nSPS) is 32.3. The van der Waals surface area contributed by atoms with Gasteiger partial charge in [0.05, 0.1) is 5.54 Å². The minimum atomic E-state index is -0.0306. The second-order valence-electron chi connectivity index (χ2n) is 6.64. The van der Waals surface area contributed by atoms with Crippen LogP contribution in [0.1, 0.15) is 31.2 Å². The third kappa shape index (κ3) is 2.56. The van der Waals surface area contributed by atoms with Crippen molar-refractivity contribution >= 4 is 20.6 Å². The Balaban J connectivity index is 1.84. The Morgan fingerprint density at radius 3 is 2.19 bits per heavy atom. The van der Waals surface area contributed by atoms with E-state index in [2.05, 4.69) is 63.1 Å². The summed E-state index contributed by atoms with van der Waals surface area (Å²) in [6, 6.07) is 8.79. The van der Waals surface area contributed by atoms with Gasteiger partial charge >= 0.3 is 6.03 Å². The molecule has 2 N–H and O–H groups in total. The zero-order chi connectivity index (χ0) is 15.1. The van der Waals surface area contributed by atoms with Crippen LogP contribution in [0.15, 0.2) is 24.3 Å². The first-order chi connectivity index (χ1) is 9.96. The summed E-state index contributed by atoms with van der Waals surface area (Å²) in [5, 5.41) is 7.27. The minimum absolute atomic E-state index is 0.0142. The van der Waals surface area contributed by atoms with Gasteiger partial charge in [0.25, 0.3) is 0 Å². The van der Waals surface area contributed by atoms with Crippen molar-refractivity contribution in [3.05, 3.63) is 29.8 Å². The molecule has 1 saturated carbocycles. The Bertz CT molecular complexity index is 533. The standard InChI is InChI=1S/C16H24N3OP/c1-19(2)16(12-3-5-13(21)6-4-12)9-7-15(8-10-16)11-17-14(20)18-15/h3-6H,7-11,21H2,1-2H3,(H2,17,18,20). The van der Waals surface area contributed by atoms with Gasteiger partial charge in [-0.05, 0) is 50.6 Å². The number of urea groups is 1. The molecule has 2 fully saturated rings. The van der Waals surface area contributed by atoms with E-state index in [1.165, 1.54) is 10.9 Å². The second kappa shape index (κ2) is 5.26. The monoisotopic (exact) mass is 305 g/mol. The lowest BCUT2D eigenvalue weighted by atomic mass is 9.69. The first kappa shape index (κ1) is 14.8. The van der Waals surface area contributed by atoms with Gasteiger partial charge in [-0.3, -0.25) is 4.90 Å². The first-order valence-corrected chi connectivity index (χ1v) is 8.13. The van der Waals surface area contributed by atoms with E-state index in [9.17, 15) is 4.79 Å². The van der Waals surface area contributed by atoms with Gasteiger partial charge in [0.1, 0.15) is 0 Å². The van der Waals surface area contributed by atoms with Gasteiger partial charge in [0.2, 0.25) is 0 Å². The highest BCUT2D eigenvalue weighted by molar-refractivity contribution is 7.27. The SMILES string of the molecule is CN(C)C1(c2ccc(P)cc2)CCC2(CC1)CNC(=O)N2. The molecule has 2 aliphatic rings. The molecule has 0 bridgehead atoms. The summed E-state index contributed by atoms with van der Waals surface area (Å²) >= 11 is 0. The Hall–Kier alpha value is -1.12. The van der Waals surface area contributed by atoms with E-state index >= 15 is 0 Å². The van der Waals surface area contributed by atoms with E-state index in [-0.39, 0.29) is 17.1 Å². The van der Waals surface area contributed by atoms with Gasteiger partial charge in [-0.2, -0.15) is 0 Å². The van der Waals surface area contributed by atoms with Crippen molar-refractivity contribution in [2.45, 2.75) is 36.8 Å². The highest BCUT2D eigenvalue weighted by Gasteiger charge is 2.47. The van der Waals surface area contributed by atoms with E-state index in [1.54, 1.807) is 0 Å². The molecule has 1 heterocycles. The summed E-state index contributed by atoms with van der Waals surface area (Å²) in [6.07, 6.45) is 4.18. The first-order valence-electron chi connectivity index (χ1n) is 7.55. The molecule has 1 unspecified atom stereocenters. The molecule has 5 heteroatoms. The number of amides is 2. The van der Waals surface area contributed by atoms with Crippen LogP contribution in [-0.2, 0) is 5.54 Å². The van der Waals surface area contributed by atoms with Crippen molar-refractivity contribution in [3.8, 4) is 0 Å². The molecule has 3 rings (SSSR count). The molecule has 114 valence electrons. The Labute approximate surface area is 128 Å². The summed E-state index contributed by atoms with van der Waals surface area (Å²) in [5.41, 5.74) is 1.43. The number of rotatable bonds is 2. The molecule has 0 radical (unpaired) electrons. The summed E-state index contributed by atoms with van der Waals surface area (Å²) in [7, 11) is 7.07. The third-order valence-electron chi connectivity index (χ3n) is 5.30. The van der Waals surface area contributed by atoms with Crippen LogP contribution < -0.4 is 15.9 Å². The molecule has 1 aromatic carbocycles. The molecule has 1 aliphatic carbocycles. The van der Waals surface area contributed by atoms with Gasteiger partial charge in [-0.25, -0.2) is 4.79 Å². The average molecular weight is 305 g/mol. The van der Waals surface area contributed by atoms with Crippen LogP contribution >= 0.6 is 9.24 Å². The Kier molecular flexibility index (Phi) is 3.71. The smallest absolute Gasteiger partial charge is 0.315 e. The van der Waals surface area contributed by atoms with E-state index in [4.69, 9.17) is 0 Å². The fourth-order valence-electron chi connectivity index (χ4n) is 3.81. The maximum absolute atomic E-state index is 11.5. The maximum Gasteiger partial charge on any atom is 0.315 e. The van der Waals surface area contributed by atoms with E-state index in [0.717, 1.165) is 32.2 Å². The predicted octanol–water partition coefficient (Wildman–Crippen LogP) is 1.57. The molecular formula is C16H24N3OP. The summed E-state index contributed by atoms with van der Waals surface area (Å²) in [5.74, 6) is 0. The fourth-order valence-corrected chi connectivity index (χ4v) is 4.00. The molecule has 21 heavy (non-hydrogen) atoms. The van der Waals surface area contributed by atoms with Crippen LogP contribution in [-0.4, -0.2) is 37.1 Å². The van der Waals surface area contributed by atoms with Gasteiger partial charge in [0, 0.05) is 12.1 Å². The van der Waals surface area contributed by atoms with Gasteiger partial charge in [-0.1, -0.05) is 24.3 Å². The maximum atomic E-state index is 11.5. The van der Waals surface area contributed by atoms with Crippen LogP contribution in [0.25, 0.3) is 0 Å². The van der Waals surface area contributed by atoms with Crippen molar-refractivity contribution in [2.24, 2.45) is 0 Å². The zero-order valence-corrected chi connectivity index (χ0v) is 13.9. The largest absolute Gasteiger partial charge is 0.336 e. The molecule has 4 nitrogen and oxygen atoms in total. The molecule has 1 atom stereocenters. The van der Waals surface area contributed by atoms with Crippen molar-refractivity contribution in [3.63, 3.8) is 0 Å². The number of hydrogen-bond donors (Lipinski definition) is 2. The summed E-state index contributed by atoms with van der Waals surface area (Å²) < 4.78 is 0. The zero-order valence-electron chi connectivity index (χ0n) is 12.8. The number of carbonyl (C=O) groups excluding carboxylic acids is 1. The lowest BCUT2D eigenvalue weighted by Gasteiger charge is -2.48. The van der Waals surface area contributed by atoms with Crippen LogP contribution in [0.3, 0.4) is 0 Å². The minimum Gasteiger partial charge on any atom is -0.336 e. The highest BCUT2D eigenvalue weighted by atomic mass is 31.0. The Morgan fingerprint density at radius 2 is 1.71 bits per heavy atom.